The van der Waals surface area contributed by atoms with E-state index in [2.05, 4.69) is 140 Å². The van der Waals surface area contributed by atoms with E-state index in [0.717, 1.165) is 56.2 Å². The summed E-state index contributed by atoms with van der Waals surface area (Å²) in [5, 5.41) is 9.55. The molecule has 10 aromatic rings. The van der Waals surface area contributed by atoms with Crippen LogP contribution in [0.25, 0.3) is 93.7 Å². The van der Waals surface area contributed by atoms with Crippen LogP contribution in [0.1, 0.15) is 23.7 Å². The van der Waals surface area contributed by atoms with Gasteiger partial charge in [0.15, 0.2) is 17.5 Å². The lowest BCUT2D eigenvalue weighted by molar-refractivity contribution is 0.670. The molecular weight excluding hydrogens is 703 g/mol. The Morgan fingerprint density at radius 3 is 1.96 bits per heavy atom. The molecule has 4 nitrogen and oxygen atoms in total. The van der Waals surface area contributed by atoms with Crippen LogP contribution in [0.2, 0.25) is 0 Å². The molecule has 1 unspecified atom stereocenters. The van der Waals surface area contributed by atoms with Gasteiger partial charge in [-0.2, -0.15) is 0 Å². The summed E-state index contributed by atoms with van der Waals surface area (Å²) in [7, 11) is 0. The van der Waals surface area contributed by atoms with Crippen LogP contribution in [-0.2, 0) is 0 Å². The molecule has 0 N–H and O–H groups in total. The molecule has 262 valence electrons. The Kier molecular flexibility index (Phi) is 6.95. The predicted octanol–water partition coefficient (Wildman–Crippen LogP) is 13.8. The van der Waals surface area contributed by atoms with Gasteiger partial charge in [0.25, 0.3) is 0 Å². The normalized spacial score (nSPS) is 15.0. The van der Waals surface area contributed by atoms with Gasteiger partial charge in [0.1, 0.15) is 11.2 Å². The highest BCUT2D eigenvalue weighted by Crippen LogP contribution is 2.54. The Bertz CT molecular complexity index is 3290. The van der Waals surface area contributed by atoms with Crippen LogP contribution >= 0.6 is 11.8 Å². The average Bonchev–Trinajstić information content (AvgIpc) is 3.85. The van der Waals surface area contributed by atoms with Gasteiger partial charge in [0.05, 0.1) is 0 Å². The fourth-order valence-corrected chi connectivity index (χ4v) is 10.3. The number of para-hydroxylation sites is 1. The van der Waals surface area contributed by atoms with Gasteiger partial charge in [0.2, 0.25) is 0 Å². The number of aromatic nitrogens is 3. The van der Waals surface area contributed by atoms with Crippen molar-refractivity contribution in [2.24, 2.45) is 0 Å². The molecular formula is C51H31N3OS. The lowest BCUT2D eigenvalue weighted by Gasteiger charge is -2.18. The number of furan rings is 1. The monoisotopic (exact) mass is 733 g/mol. The third kappa shape index (κ3) is 4.77. The van der Waals surface area contributed by atoms with Crippen LogP contribution in [0, 0.1) is 0 Å². The van der Waals surface area contributed by atoms with Crippen LogP contribution in [0.3, 0.4) is 0 Å². The summed E-state index contributed by atoms with van der Waals surface area (Å²) in [6, 6.07) is 55.9. The first-order valence-corrected chi connectivity index (χ1v) is 19.9. The maximum absolute atomic E-state index is 6.83. The number of hydrogen-bond donors (Lipinski definition) is 0. The third-order valence-electron chi connectivity index (χ3n) is 11.5. The highest BCUT2D eigenvalue weighted by Gasteiger charge is 2.32. The minimum atomic E-state index is 0.308. The van der Waals surface area contributed by atoms with Gasteiger partial charge in [-0.1, -0.05) is 163 Å². The maximum Gasteiger partial charge on any atom is 0.164 e. The van der Waals surface area contributed by atoms with Crippen LogP contribution < -0.4 is 0 Å². The molecule has 0 spiro atoms. The molecule has 12 rings (SSSR count). The van der Waals surface area contributed by atoms with Crippen molar-refractivity contribution in [1.82, 2.24) is 15.0 Å². The van der Waals surface area contributed by atoms with E-state index < -0.39 is 0 Å². The summed E-state index contributed by atoms with van der Waals surface area (Å²) in [5.41, 5.74) is 8.11. The molecule has 0 bridgehead atoms. The highest BCUT2D eigenvalue weighted by atomic mass is 32.2. The molecule has 5 heteroatoms. The van der Waals surface area contributed by atoms with Crippen LogP contribution in [0.5, 0.6) is 0 Å². The van der Waals surface area contributed by atoms with Gasteiger partial charge in [-0.25, -0.2) is 15.0 Å². The summed E-state index contributed by atoms with van der Waals surface area (Å²) in [6.45, 7) is 0. The molecule has 0 fully saturated rings. The lowest BCUT2D eigenvalue weighted by atomic mass is 9.89. The number of allylic oxidation sites excluding steroid dienone is 4. The summed E-state index contributed by atoms with van der Waals surface area (Å²) in [6.07, 6.45) is 5.44. The second-order valence-corrected chi connectivity index (χ2v) is 15.7. The Morgan fingerprint density at radius 2 is 1.14 bits per heavy atom. The molecule has 8 aromatic carbocycles. The van der Waals surface area contributed by atoms with Gasteiger partial charge in [-0.3, -0.25) is 0 Å². The fraction of sp³-hybridized carbons (Fsp3) is 0.0392. The molecule has 1 aliphatic heterocycles. The minimum Gasteiger partial charge on any atom is -0.455 e. The Hall–Kier alpha value is -6.82. The SMILES string of the molecule is C1=CC(c2nc(-c3ccccc3)nc(-c3cccc4oc5c(-c6ccc7c8ccccc8c8ccccc8c7c6)cccc5c34)n2)=C2Sc3ccccc3C2C1. The first kappa shape index (κ1) is 31.5. The Labute approximate surface area is 326 Å². The molecule has 3 heterocycles. The zero-order valence-corrected chi connectivity index (χ0v) is 30.9. The highest BCUT2D eigenvalue weighted by molar-refractivity contribution is 8.03. The van der Waals surface area contributed by atoms with Crippen molar-refractivity contribution in [2.45, 2.75) is 17.2 Å². The van der Waals surface area contributed by atoms with Gasteiger partial charge in [0, 0.05) is 48.8 Å². The zero-order valence-electron chi connectivity index (χ0n) is 30.1. The van der Waals surface area contributed by atoms with E-state index in [1.54, 1.807) is 0 Å². The molecule has 56 heavy (non-hydrogen) atoms. The second kappa shape index (κ2) is 12.4. The van der Waals surface area contributed by atoms with E-state index in [9.17, 15) is 0 Å². The van der Waals surface area contributed by atoms with Crippen LogP contribution in [0.15, 0.2) is 184 Å². The fourth-order valence-electron chi connectivity index (χ4n) is 8.93. The maximum atomic E-state index is 6.83. The predicted molar refractivity (Wildman–Crippen MR) is 232 cm³/mol. The van der Waals surface area contributed by atoms with Crippen LogP contribution in [0.4, 0.5) is 0 Å². The quantitative estimate of drug-likeness (QED) is 0.169. The molecule has 0 saturated carbocycles. The van der Waals surface area contributed by atoms with Crippen molar-refractivity contribution in [3.05, 3.63) is 186 Å². The van der Waals surface area contributed by atoms with E-state index in [-0.39, 0.29) is 0 Å². The molecule has 1 atom stereocenters. The molecule has 0 amide bonds. The average molecular weight is 734 g/mol. The number of thioether (sulfide) groups is 1. The van der Waals surface area contributed by atoms with E-state index in [1.807, 2.05) is 42.1 Å². The minimum absolute atomic E-state index is 0.308. The van der Waals surface area contributed by atoms with E-state index in [0.29, 0.717) is 23.4 Å². The van der Waals surface area contributed by atoms with Gasteiger partial charge >= 0.3 is 0 Å². The van der Waals surface area contributed by atoms with Crippen molar-refractivity contribution < 1.29 is 4.42 Å². The summed E-state index contributed by atoms with van der Waals surface area (Å²) < 4.78 is 6.83. The van der Waals surface area contributed by atoms with Crippen LogP contribution in [-0.4, -0.2) is 15.0 Å². The van der Waals surface area contributed by atoms with Crippen molar-refractivity contribution in [1.29, 1.82) is 0 Å². The second-order valence-electron chi connectivity index (χ2n) is 14.6. The largest absolute Gasteiger partial charge is 0.455 e. The van der Waals surface area contributed by atoms with E-state index in [4.69, 9.17) is 19.4 Å². The topological polar surface area (TPSA) is 51.8 Å². The Balaban J connectivity index is 1.06. The zero-order chi connectivity index (χ0) is 36.7. The standard InChI is InChI=1S/C51H31N3OS/c1-2-13-30(14-3-1)49-52-50(54-51(53-49)42-24-11-21-39-38-19-8-9-26-45(38)56-48(39)42)41-23-12-25-44-46(41)40-22-10-20-32(47(40)55-44)31-27-28-37-35-17-5-4-15-33(35)34-16-6-7-18-36(34)43(37)29-31/h1-20,22-29,39H,21H2. The summed E-state index contributed by atoms with van der Waals surface area (Å²) >= 11 is 1.85. The number of rotatable bonds is 4. The number of fused-ring (bicyclic) bond motifs is 12. The van der Waals surface area contributed by atoms with E-state index >= 15 is 0 Å². The number of nitrogens with zero attached hydrogens (tertiary/aromatic N) is 3. The first-order valence-electron chi connectivity index (χ1n) is 19.0. The van der Waals surface area contributed by atoms with Crippen molar-refractivity contribution in [3.63, 3.8) is 0 Å². The van der Waals surface area contributed by atoms with Crippen molar-refractivity contribution >= 4 is 71.6 Å². The number of hydrogen-bond acceptors (Lipinski definition) is 5. The van der Waals surface area contributed by atoms with Crippen molar-refractivity contribution in [3.8, 4) is 33.9 Å². The lowest BCUT2D eigenvalue weighted by Crippen LogP contribution is -2.06. The molecule has 0 saturated heterocycles. The first-order chi connectivity index (χ1) is 27.8. The Morgan fingerprint density at radius 1 is 0.500 bits per heavy atom. The third-order valence-corrected chi connectivity index (χ3v) is 12.8. The van der Waals surface area contributed by atoms with Crippen molar-refractivity contribution in [2.75, 3.05) is 0 Å². The van der Waals surface area contributed by atoms with E-state index in [1.165, 1.54) is 47.7 Å². The van der Waals surface area contributed by atoms with Gasteiger partial charge in [-0.15, -0.1) is 0 Å². The van der Waals surface area contributed by atoms with Gasteiger partial charge in [-0.05, 0) is 68.1 Å². The number of benzene rings is 8. The molecule has 1 aliphatic carbocycles. The summed E-state index contributed by atoms with van der Waals surface area (Å²) in [4.78, 5) is 18.2. The molecule has 0 radical (unpaired) electrons. The molecule has 2 aromatic heterocycles. The van der Waals surface area contributed by atoms with Gasteiger partial charge < -0.3 is 4.42 Å². The smallest absolute Gasteiger partial charge is 0.164 e. The summed E-state index contributed by atoms with van der Waals surface area (Å²) in [5.74, 6) is 2.27. The molecule has 2 aliphatic rings.